The first-order chi connectivity index (χ1) is 9.47. The molecule has 1 aliphatic rings. The molecule has 1 aliphatic heterocycles. The minimum Gasteiger partial charge on any atom is -0.449 e. The molecule has 116 valence electrons. The normalized spacial score (nSPS) is 22.1. The molecular weight excluding hydrogens is 254 g/mol. The van der Waals surface area contributed by atoms with E-state index < -0.39 is 0 Å². The van der Waals surface area contributed by atoms with Gasteiger partial charge in [0.15, 0.2) is 6.17 Å². The van der Waals surface area contributed by atoms with Crippen LogP contribution in [0.15, 0.2) is 4.99 Å². The fourth-order valence-corrected chi connectivity index (χ4v) is 1.90. The van der Waals surface area contributed by atoms with Gasteiger partial charge in [0.1, 0.15) is 0 Å². The molecule has 0 spiro atoms. The summed E-state index contributed by atoms with van der Waals surface area (Å²) in [7, 11) is 0. The summed E-state index contributed by atoms with van der Waals surface area (Å²) in [6, 6.07) is 0. The van der Waals surface area contributed by atoms with Gasteiger partial charge in [0, 0.05) is 19.3 Å². The molecule has 0 aromatic carbocycles. The van der Waals surface area contributed by atoms with Crippen LogP contribution in [0.3, 0.4) is 0 Å². The third kappa shape index (κ3) is 5.49. The summed E-state index contributed by atoms with van der Waals surface area (Å²) in [6.45, 7) is 12.7. The van der Waals surface area contributed by atoms with E-state index in [1.165, 1.54) is 0 Å². The molecule has 0 aromatic heterocycles. The van der Waals surface area contributed by atoms with Crippen molar-refractivity contribution >= 4 is 12.3 Å². The molecule has 1 amide bonds. The molecule has 2 unspecified atom stereocenters. The first kappa shape index (κ1) is 17.0. The Labute approximate surface area is 123 Å². The van der Waals surface area contributed by atoms with Crippen LogP contribution in [0.2, 0.25) is 0 Å². The van der Waals surface area contributed by atoms with Crippen LogP contribution in [0.25, 0.3) is 0 Å². The summed E-state index contributed by atoms with van der Waals surface area (Å²) in [6.07, 6.45) is 3.73. The highest BCUT2D eigenvalue weighted by molar-refractivity contribution is 5.79. The lowest BCUT2D eigenvalue weighted by molar-refractivity contribution is 0.118. The van der Waals surface area contributed by atoms with E-state index in [0.29, 0.717) is 18.4 Å². The zero-order valence-corrected chi connectivity index (χ0v) is 13.5. The average molecular weight is 283 g/mol. The van der Waals surface area contributed by atoms with Crippen molar-refractivity contribution in [3.63, 3.8) is 0 Å². The number of nitrogens with zero attached hydrogens (tertiary/aromatic N) is 3. The number of hydrazine groups is 1. The maximum atomic E-state index is 11.8. The van der Waals surface area contributed by atoms with Gasteiger partial charge in [0.05, 0.1) is 6.61 Å². The Morgan fingerprint density at radius 1 is 1.25 bits per heavy atom. The second-order valence-corrected chi connectivity index (χ2v) is 6.04. The van der Waals surface area contributed by atoms with Crippen LogP contribution in [0, 0.1) is 11.8 Å². The summed E-state index contributed by atoms with van der Waals surface area (Å²) in [5.41, 5.74) is 0. The third-order valence-electron chi connectivity index (χ3n) is 3.24. The third-order valence-corrected chi connectivity index (χ3v) is 3.24. The van der Waals surface area contributed by atoms with Crippen molar-refractivity contribution in [1.29, 1.82) is 0 Å². The SMILES string of the molecule is CCOC(=O)N1C(C=NCCC(C)C)N1CCC(C)C. The summed E-state index contributed by atoms with van der Waals surface area (Å²) < 4.78 is 5.06. The smallest absolute Gasteiger partial charge is 0.426 e. The molecule has 5 heteroatoms. The predicted octanol–water partition coefficient (Wildman–Crippen LogP) is 3.16. The van der Waals surface area contributed by atoms with Crippen molar-refractivity contribution in [3.05, 3.63) is 0 Å². The zero-order valence-electron chi connectivity index (χ0n) is 13.5. The number of rotatable bonds is 8. The highest BCUT2D eigenvalue weighted by Crippen LogP contribution is 2.27. The number of hydrogen-bond acceptors (Lipinski definition) is 4. The van der Waals surface area contributed by atoms with Gasteiger partial charge >= 0.3 is 6.09 Å². The van der Waals surface area contributed by atoms with Crippen molar-refractivity contribution < 1.29 is 9.53 Å². The molecule has 0 N–H and O–H groups in total. The van der Waals surface area contributed by atoms with E-state index in [0.717, 1.165) is 25.9 Å². The topological polar surface area (TPSA) is 44.7 Å². The fraction of sp³-hybridized carbons (Fsp3) is 0.867. The molecule has 0 bridgehead atoms. The minimum absolute atomic E-state index is 0.0139. The number of hydrogen-bond donors (Lipinski definition) is 0. The van der Waals surface area contributed by atoms with Gasteiger partial charge in [-0.3, -0.25) is 4.99 Å². The van der Waals surface area contributed by atoms with Gasteiger partial charge in [0.25, 0.3) is 0 Å². The van der Waals surface area contributed by atoms with Gasteiger partial charge in [-0.05, 0) is 31.6 Å². The lowest BCUT2D eigenvalue weighted by Crippen LogP contribution is -2.19. The zero-order chi connectivity index (χ0) is 15.1. The summed E-state index contributed by atoms with van der Waals surface area (Å²) in [5, 5.41) is 3.68. The predicted molar refractivity (Wildman–Crippen MR) is 81.6 cm³/mol. The molecule has 5 nitrogen and oxygen atoms in total. The molecular formula is C15H29N3O2. The molecule has 1 rings (SSSR count). The standard InChI is InChI=1S/C15H29N3O2/c1-6-20-15(19)18-14(11-16-9-7-12(2)3)17(18)10-8-13(4)5/h11-14H,6-10H2,1-5H3. The quantitative estimate of drug-likeness (QED) is 0.508. The number of carbonyl (C=O) groups excluding carboxylic acids is 1. The molecule has 1 saturated heterocycles. The van der Waals surface area contributed by atoms with Crippen LogP contribution >= 0.6 is 0 Å². The van der Waals surface area contributed by atoms with Gasteiger partial charge in [-0.1, -0.05) is 27.7 Å². The molecule has 0 aliphatic carbocycles. The van der Waals surface area contributed by atoms with E-state index in [2.05, 4.69) is 32.7 Å². The van der Waals surface area contributed by atoms with E-state index in [-0.39, 0.29) is 12.3 Å². The van der Waals surface area contributed by atoms with Crippen LogP contribution in [0.1, 0.15) is 47.5 Å². The van der Waals surface area contributed by atoms with Gasteiger partial charge in [0.2, 0.25) is 0 Å². The number of ether oxygens (including phenoxy) is 1. The van der Waals surface area contributed by atoms with Gasteiger partial charge in [-0.2, -0.15) is 5.01 Å². The van der Waals surface area contributed by atoms with Crippen LogP contribution < -0.4 is 0 Å². The van der Waals surface area contributed by atoms with Crippen molar-refractivity contribution in [2.75, 3.05) is 19.7 Å². The molecule has 2 atom stereocenters. The van der Waals surface area contributed by atoms with E-state index in [9.17, 15) is 4.79 Å². The minimum atomic E-state index is -0.267. The van der Waals surface area contributed by atoms with E-state index in [1.807, 2.05) is 18.1 Å². The maximum absolute atomic E-state index is 11.8. The lowest BCUT2D eigenvalue weighted by atomic mass is 10.1. The van der Waals surface area contributed by atoms with Crippen molar-refractivity contribution in [1.82, 2.24) is 10.0 Å². The number of carbonyl (C=O) groups is 1. The van der Waals surface area contributed by atoms with Crippen molar-refractivity contribution in [2.45, 2.75) is 53.6 Å². The summed E-state index contributed by atoms with van der Waals surface area (Å²) in [5.74, 6) is 1.28. The molecule has 0 saturated carbocycles. The second kappa shape index (κ2) is 8.25. The average Bonchev–Trinajstić information content (AvgIpc) is 3.05. The Balaban J connectivity index is 2.45. The van der Waals surface area contributed by atoms with Crippen molar-refractivity contribution in [3.8, 4) is 0 Å². The highest BCUT2D eigenvalue weighted by atomic mass is 16.6. The molecule has 20 heavy (non-hydrogen) atoms. The summed E-state index contributed by atoms with van der Waals surface area (Å²) in [4.78, 5) is 16.2. The first-order valence-corrected chi connectivity index (χ1v) is 7.69. The van der Waals surface area contributed by atoms with E-state index in [4.69, 9.17) is 4.74 Å². The first-order valence-electron chi connectivity index (χ1n) is 7.69. The molecule has 0 radical (unpaired) electrons. The maximum Gasteiger partial charge on any atom is 0.426 e. The Bertz CT molecular complexity index is 329. The fourth-order valence-electron chi connectivity index (χ4n) is 1.90. The largest absolute Gasteiger partial charge is 0.449 e. The Kier molecular flexibility index (Phi) is 6.99. The highest BCUT2D eigenvalue weighted by Gasteiger charge is 2.48. The van der Waals surface area contributed by atoms with Crippen molar-refractivity contribution in [2.24, 2.45) is 16.8 Å². The van der Waals surface area contributed by atoms with Gasteiger partial charge in [-0.15, -0.1) is 0 Å². The number of amides is 1. The molecule has 0 aromatic rings. The van der Waals surface area contributed by atoms with E-state index >= 15 is 0 Å². The monoisotopic (exact) mass is 283 g/mol. The Hall–Kier alpha value is -1.10. The van der Waals surface area contributed by atoms with E-state index in [1.54, 1.807) is 5.01 Å². The number of aliphatic imine (C=N–C) groups is 1. The lowest BCUT2D eigenvalue weighted by Gasteiger charge is -2.06. The van der Waals surface area contributed by atoms with Crippen LogP contribution in [-0.4, -0.2) is 48.2 Å². The van der Waals surface area contributed by atoms with Crippen LogP contribution in [-0.2, 0) is 4.74 Å². The van der Waals surface area contributed by atoms with Gasteiger partial charge in [-0.25, -0.2) is 9.80 Å². The molecule has 1 fully saturated rings. The van der Waals surface area contributed by atoms with Gasteiger partial charge < -0.3 is 4.74 Å². The van der Waals surface area contributed by atoms with Crippen LogP contribution in [0.4, 0.5) is 4.79 Å². The summed E-state index contributed by atoms with van der Waals surface area (Å²) >= 11 is 0. The Morgan fingerprint density at radius 2 is 1.90 bits per heavy atom. The Morgan fingerprint density at radius 3 is 2.45 bits per heavy atom. The molecule has 1 heterocycles. The second-order valence-electron chi connectivity index (χ2n) is 6.04. The van der Waals surface area contributed by atoms with Crippen LogP contribution in [0.5, 0.6) is 0 Å².